The van der Waals surface area contributed by atoms with Crippen LogP contribution in [-0.4, -0.2) is 39.1 Å². The summed E-state index contributed by atoms with van der Waals surface area (Å²) in [6.45, 7) is 0. The molecule has 0 fully saturated rings. The number of hydrogen-bond acceptors (Lipinski definition) is 5. The number of carboxylic acid groups (broad SMARTS) is 1. The van der Waals surface area contributed by atoms with Crippen LogP contribution in [0.2, 0.25) is 0 Å². The first-order chi connectivity index (χ1) is 9.10. The number of esters is 1. The minimum atomic E-state index is -0.965. The summed E-state index contributed by atoms with van der Waals surface area (Å²) in [5.41, 5.74) is 1.47. The van der Waals surface area contributed by atoms with Crippen molar-refractivity contribution in [3.63, 3.8) is 0 Å². The summed E-state index contributed by atoms with van der Waals surface area (Å²) in [5, 5.41) is 16.2. The van der Waals surface area contributed by atoms with E-state index in [2.05, 4.69) is 15.0 Å². The second kappa shape index (κ2) is 5.30. The summed E-state index contributed by atoms with van der Waals surface area (Å²) in [7, 11) is 1.31. The van der Waals surface area contributed by atoms with E-state index in [4.69, 9.17) is 5.11 Å². The first-order valence-electron chi connectivity index (χ1n) is 5.42. The Balaban J connectivity index is 2.20. The average Bonchev–Trinajstić information content (AvgIpc) is 2.85. The Hall–Kier alpha value is -2.70. The van der Waals surface area contributed by atoms with Crippen LogP contribution >= 0.6 is 0 Å². The molecule has 0 amide bonds. The molecular formula is C12H11N3O4. The summed E-state index contributed by atoms with van der Waals surface area (Å²) in [6.07, 6.45) is 1.35. The molecule has 0 aliphatic carbocycles. The van der Waals surface area contributed by atoms with Crippen LogP contribution in [0.25, 0.3) is 5.69 Å². The number of aliphatic carboxylic acids is 1. The number of carboxylic acids is 1. The SMILES string of the molecule is COC(=O)c1ccc(-n2cc(CC(=O)O)nn2)cc1. The molecule has 2 rings (SSSR count). The average molecular weight is 261 g/mol. The molecule has 2 aromatic rings. The zero-order chi connectivity index (χ0) is 13.8. The van der Waals surface area contributed by atoms with E-state index in [0.717, 1.165) is 0 Å². The quantitative estimate of drug-likeness (QED) is 0.813. The van der Waals surface area contributed by atoms with Gasteiger partial charge in [-0.05, 0) is 24.3 Å². The van der Waals surface area contributed by atoms with E-state index in [9.17, 15) is 9.59 Å². The minimum absolute atomic E-state index is 0.180. The van der Waals surface area contributed by atoms with Crippen molar-refractivity contribution in [1.82, 2.24) is 15.0 Å². The highest BCUT2D eigenvalue weighted by Crippen LogP contribution is 2.10. The Kier molecular flexibility index (Phi) is 3.56. The second-order valence-corrected chi connectivity index (χ2v) is 3.76. The van der Waals surface area contributed by atoms with Gasteiger partial charge < -0.3 is 9.84 Å². The lowest BCUT2D eigenvalue weighted by atomic mass is 10.2. The van der Waals surface area contributed by atoms with Gasteiger partial charge in [-0.3, -0.25) is 4.79 Å². The fourth-order valence-corrected chi connectivity index (χ4v) is 1.53. The maximum atomic E-state index is 11.3. The number of aromatic nitrogens is 3. The number of rotatable bonds is 4. The van der Waals surface area contributed by atoms with Crippen molar-refractivity contribution in [2.75, 3.05) is 7.11 Å². The molecular weight excluding hydrogens is 250 g/mol. The van der Waals surface area contributed by atoms with Crippen LogP contribution in [0.5, 0.6) is 0 Å². The van der Waals surface area contributed by atoms with E-state index in [-0.39, 0.29) is 6.42 Å². The van der Waals surface area contributed by atoms with Crippen molar-refractivity contribution < 1.29 is 19.4 Å². The molecule has 0 atom stereocenters. The number of carbonyl (C=O) groups excluding carboxylic acids is 1. The monoisotopic (exact) mass is 261 g/mol. The van der Waals surface area contributed by atoms with Gasteiger partial charge in [-0.15, -0.1) is 5.10 Å². The molecule has 1 aromatic carbocycles. The largest absolute Gasteiger partial charge is 0.481 e. The summed E-state index contributed by atoms with van der Waals surface area (Å²) in [5.74, 6) is -1.38. The fourth-order valence-electron chi connectivity index (χ4n) is 1.53. The van der Waals surface area contributed by atoms with Gasteiger partial charge in [0.1, 0.15) is 0 Å². The number of benzene rings is 1. The highest BCUT2D eigenvalue weighted by Gasteiger charge is 2.08. The second-order valence-electron chi connectivity index (χ2n) is 3.76. The zero-order valence-corrected chi connectivity index (χ0v) is 10.1. The minimum Gasteiger partial charge on any atom is -0.481 e. The number of nitrogens with zero attached hydrogens (tertiary/aromatic N) is 3. The normalized spacial score (nSPS) is 10.2. The fraction of sp³-hybridized carbons (Fsp3) is 0.167. The molecule has 1 N–H and O–H groups in total. The number of hydrogen-bond donors (Lipinski definition) is 1. The lowest BCUT2D eigenvalue weighted by Gasteiger charge is -2.01. The molecule has 19 heavy (non-hydrogen) atoms. The summed E-state index contributed by atoms with van der Waals surface area (Å²) in [6, 6.07) is 6.54. The molecule has 0 radical (unpaired) electrons. The van der Waals surface area contributed by atoms with Gasteiger partial charge in [0.05, 0.1) is 36.7 Å². The Morgan fingerprint density at radius 2 is 2.00 bits per heavy atom. The predicted molar refractivity (Wildman–Crippen MR) is 64.0 cm³/mol. The molecule has 0 aliphatic heterocycles. The van der Waals surface area contributed by atoms with Gasteiger partial charge >= 0.3 is 11.9 Å². The molecule has 0 bridgehead atoms. The summed E-state index contributed by atoms with van der Waals surface area (Å²) in [4.78, 5) is 21.8. The van der Waals surface area contributed by atoms with Crippen molar-refractivity contribution in [2.45, 2.75) is 6.42 Å². The third-order valence-electron chi connectivity index (χ3n) is 2.43. The van der Waals surface area contributed by atoms with E-state index in [1.165, 1.54) is 18.0 Å². The molecule has 0 spiro atoms. The maximum Gasteiger partial charge on any atom is 0.337 e. The maximum absolute atomic E-state index is 11.3. The van der Waals surface area contributed by atoms with E-state index < -0.39 is 11.9 Å². The number of carbonyl (C=O) groups is 2. The van der Waals surface area contributed by atoms with Crippen LogP contribution in [0.15, 0.2) is 30.5 Å². The topological polar surface area (TPSA) is 94.3 Å². The Bertz CT molecular complexity index is 604. The van der Waals surface area contributed by atoms with Gasteiger partial charge in [0.25, 0.3) is 0 Å². The number of ether oxygens (including phenoxy) is 1. The molecule has 0 saturated carbocycles. The zero-order valence-electron chi connectivity index (χ0n) is 10.1. The van der Waals surface area contributed by atoms with Gasteiger partial charge in [-0.2, -0.15) is 0 Å². The summed E-state index contributed by atoms with van der Waals surface area (Å²) >= 11 is 0. The molecule has 7 heteroatoms. The van der Waals surface area contributed by atoms with Gasteiger partial charge in [0, 0.05) is 0 Å². The highest BCUT2D eigenvalue weighted by atomic mass is 16.5. The van der Waals surface area contributed by atoms with Gasteiger partial charge in [-0.25, -0.2) is 9.48 Å². The van der Waals surface area contributed by atoms with Crippen LogP contribution in [0.3, 0.4) is 0 Å². The van der Waals surface area contributed by atoms with Gasteiger partial charge in [-0.1, -0.05) is 5.21 Å². The third kappa shape index (κ3) is 2.95. The van der Waals surface area contributed by atoms with Gasteiger partial charge in [0.15, 0.2) is 0 Å². The van der Waals surface area contributed by atoms with Crippen LogP contribution in [0.4, 0.5) is 0 Å². The van der Waals surface area contributed by atoms with E-state index in [0.29, 0.717) is 16.9 Å². The van der Waals surface area contributed by atoms with Crippen molar-refractivity contribution in [3.05, 3.63) is 41.7 Å². The van der Waals surface area contributed by atoms with E-state index in [1.54, 1.807) is 24.3 Å². The predicted octanol–water partition coefficient (Wildman–Crippen LogP) is 0.681. The lowest BCUT2D eigenvalue weighted by Crippen LogP contribution is -2.02. The standard InChI is InChI=1S/C12H11N3O4/c1-19-12(18)8-2-4-10(5-3-8)15-7-9(13-14-15)6-11(16)17/h2-5,7H,6H2,1H3,(H,16,17). The first kappa shape index (κ1) is 12.7. The third-order valence-corrected chi connectivity index (χ3v) is 2.43. The van der Waals surface area contributed by atoms with Crippen molar-refractivity contribution >= 4 is 11.9 Å². The molecule has 98 valence electrons. The summed E-state index contributed by atoms with van der Waals surface area (Å²) < 4.78 is 6.03. The van der Waals surface area contributed by atoms with Crippen molar-refractivity contribution in [1.29, 1.82) is 0 Å². The van der Waals surface area contributed by atoms with Crippen molar-refractivity contribution in [3.8, 4) is 5.69 Å². The Labute approximate surface area is 108 Å². The van der Waals surface area contributed by atoms with Gasteiger partial charge in [0.2, 0.25) is 0 Å². The number of methoxy groups -OCH3 is 1. The molecule has 7 nitrogen and oxygen atoms in total. The first-order valence-corrected chi connectivity index (χ1v) is 5.42. The highest BCUT2D eigenvalue weighted by molar-refractivity contribution is 5.89. The van der Waals surface area contributed by atoms with Crippen LogP contribution in [-0.2, 0) is 16.0 Å². The Morgan fingerprint density at radius 1 is 1.32 bits per heavy atom. The smallest absolute Gasteiger partial charge is 0.337 e. The van der Waals surface area contributed by atoms with Crippen LogP contribution in [0, 0.1) is 0 Å². The Morgan fingerprint density at radius 3 is 2.58 bits per heavy atom. The molecule has 0 aliphatic rings. The van der Waals surface area contributed by atoms with Crippen LogP contribution < -0.4 is 0 Å². The van der Waals surface area contributed by atoms with E-state index >= 15 is 0 Å². The van der Waals surface area contributed by atoms with Crippen molar-refractivity contribution in [2.24, 2.45) is 0 Å². The molecule has 0 saturated heterocycles. The molecule has 0 unspecified atom stereocenters. The van der Waals surface area contributed by atoms with E-state index in [1.807, 2.05) is 0 Å². The molecule has 1 aromatic heterocycles. The molecule has 1 heterocycles. The van der Waals surface area contributed by atoms with Crippen LogP contribution in [0.1, 0.15) is 16.1 Å². The lowest BCUT2D eigenvalue weighted by molar-refractivity contribution is -0.136.